The molecule has 0 aliphatic rings. The monoisotopic (exact) mass is 430 g/mol. The third kappa shape index (κ3) is 4.30. The van der Waals surface area contributed by atoms with Gasteiger partial charge in [-0.05, 0) is 31.2 Å². The van der Waals surface area contributed by atoms with E-state index in [4.69, 9.17) is 18.9 Å². The van der Waals surface area contributed by atoms with Crippen LogP contribution in [0.5, 0.6) is 17.2 Å². The number of rotatable bonds is 7. The molecule has 0 fully saturated rings. The number of ether oxygens (including phenoxy) is 4. The van der Waals surface area contributed by atoms with Crippen LogP contribution in [0.25, 0.3) is 10.2 Å². The summed E-state index contributed by atoms with van der Waals surface area (Å²) in [6.07, 6.45) is 0. The number of carbonyl (C=O) groups is 2. The molecule has 0 aliphatic carbocycles. The molecule has 158 valence electrons. The molecule has 1 amide bonds. The van der Waals surface area contributed by atoms with Gasteiger partial charge in [0.05, 0.1) is 38.2 Å². The minimum absolute atomic E-state index is 0.0424. The first kappa shape index (κ1) is 21.4. The number of fused-ring (bicyclic) bond motifs is 1. The summed E-state index contributed by atoms with van der Waals surface area (Å²) in [7, 11) is 4.44. The second kappa shape index (κ2) is 9.45. The third-order valence-electron chi connectivity index (χ3n) is 4.29. The summed E-state index contributed by atoms with van der Waals surface area (Å²) < 4.78 is 23.6. The molecule has 0 atom stereocenters. The van der Waals surface area contributed by atoms with Gasteiger partial charge in [0.1, 0.15) is 6.54 Å². The zero-order chi connectivity index (χ0) is 21.7. The van der Waals surface area contributed by atoms with Gasteiger partial charge in [0.2, 0.25) is 5.75 Å². The minimum atomic E-state index is -0.501. The first-order valence-electron chi connectivity index (χ1n) is 9.15. The van der Waals surface area contributed by atoms with Crippen molar-refractivity contribution in [3.8, 4) is 17.2 Å². The van der Waals surface area contributed by atoms with Crippen molar-refractivity contribution < 1.29 is 28.5 Å². The van der Waals surface area contributed by atoms with E-state index in [9.17, 15) is 9.59 Å². The molecule has 3 rings (SSSR count). The Hall–Kier alpha value is -3.33. The van der Waals surface area contributed by atoms with Gasteiger partial charge in [-0.1, -0.05) is 23.5 Å². The molecule has 0 saturated carbocycles. The molecular weight excluding hydrogens is 408 g/mol. The van der Waals surface area contributed by atoms with Crippen molar-refractivity contribution in [2.24, 2.45) is 4.99 Å². The van der Waals surface area contributed by atoms with E-state index in [2.05, 4.69) is 4.99 Å². The topological polar surface area (TPSA) is 88.4 Å². The molecule has 0 N–H and O–H groups in total. The molecule has 1 heterocycles. The summed E-state index contributed by atoms with van der Waals surface area (Å²) in [5, 5.41) is 0. The highest BCUT2D eigenvalue weighted by molar-refractivity contribution is 7.16. The fourth-order valence-corrected chi connectivity index (χ4v) is 3.98. The van der Waals surface area contributed by atoms with Crippen LogP contribution in [0.4, 0.5) is 0 Å². The second-order valence-corrected chi connectivity index (χ2v) is 7.08. The van der Waals surface area contributed by atoms with Crippen LogP contribution in [0.1, 0.15) is 17.3 Å². The number of esters is 1. The average molecular weight is 430 g/mol. The van der Waals surface area contributed by atoms with Gasteiger partial charge in [-0.25, -0.2) is 0 Å². The van der Waals surface area contributed by atoms with E-state index in [0.29, 0.717) is 22.0 Å². The Bertz CT molecular complexity index is 1120. The summed E-state index contributed by atoms with van der Waals surface area (Å²) in [6, 6.07) is 10.6. The largest absolute Gasteiger partial charge is 0.493 e. The Labute approximate surface area is 177 Å². The van der Waals surface area contributed by atoms with E-state index in [0.717, 1.165) is 10.2 Å². The standard InChI is InChI=1S/C21H22N2O6S/c1-5-29-18(24)12-23-14-8-6-7-9-17(14)30-21(23)22-20(25)13-10-15(26-2)19(28-4)16(11-13)27-3/h6-11H,5,12H2,1-4H3. The van der Waals surface area contributed by atoms with Gasteiger partial charge in [-0.3, -0.25) is 9.59 Å². The molecule has 0 saturated heterocycles. The van der Waals surface area contributed by atoms with Crippen molar-refractivity contribution in [2.45, 2.75) is 13.5 Å². The summed E-state index contributed by atoms with van der Waals surface area (Å²) >= 11 is 1.32. The molecule has 1 aromatic heterocycles. The van der Waals surface area contributed by atoms with E-state index < -0.39 is 11.9 Å². The van der Waals surface area contributed by atoms with Crippen LogP contribution in [0, 0.1) is 0 Å². The van der Waals surface area contributed by atoms with Gasteiger partial charge in [0, 0.05) is 5.56 Å². The van der Waals surface area contributed by atoms with Crippen molar-refractivity contribution in [1.82, 2.24) is 4.57 Å². The second-order valence-electron chi connectivity index (χ2n) is 6.07. The van der Waals surface area contributed by atoms with Crippen molar-refractivity contribution in [1.29, 1.82) is 0 Å². The molecule has 3 aromatic rings. The summed E-state index contributed by atoms with van der Waals surface area (Å²) in [5.41, 5.74) is 1.07. The van der Waals surface area contributed by atoms with E-state index >= 15 is 0 Å². The quantitative estimate of drug-likeness (QED) is 0.536. The van der Waals surface area contributed by atoms with Crippen LogP contribution >= 0.6 is 11.3 Å². The first-order chi connectivity index (χ1) is 14.5. The lowest BCUT2D eigenvalue weighted by atomic mass is 10.1. The van der Waals surface area contributed by atoms with Crippen molar-refractivity contribution in [2.75, 3.05) is 27.9 Å². The SMILES string of the molecule is CCOC(=O)Cn1c(=NC(=O)c2cc(OC)c(OC)c(OC)c2)sc2ccccc21. The molecule has 0 spiro atoms. The Balaban J connectivity index is 2.10. The molecule has 9 heteroatoms. The maximum absolute atomic E-state index is 12.9. The third-order valence-corrected chi connectivity index (χ3v) is 5.35. The molecule has 8 nitrogen and oxygen atoms in total. The predicted octanol–water partition coefficient (Wildman–Crippen LogP) is 3.03. The zero-order valence-corrected chi connectivity index (χ0v) is 17.9. The number of amides is 1. The zero-order valence-electron chi connectivity index (χ0n) is 17.1. The average Bonchev–Trinajstić information content (AvgIpc) is 3.09. The number of benzene rings is 2. The predicted molar refractivity (Wildman–Crippen MR) is 112 cm³/mol. The van der Waals surface area contributed by atoms with Gasteiger partial charge in [0.25, 0.3) is 5.91 Å². The Morgan fingerprint density at radius 1 is 1.03 bits per heavy atom. The van der Waals surface area contributed by atoms with E-state index in [1.165, 1.54) is 44.8 Å². The summed E-state index contributed by atoms with van der Waals surface area (Å²) in [6.45, 7) is 1.98. The lowest BCUT2D eigenvalue weighted by Crippen LogP contribution is -2.23. The van der Waals surface area contributed by atoms with E-state index in [1.807, 2.05) is 24.3 Å². The molecule has 0 unspecified atom stereocenters. The molecule has 30 heavy (non-hydrogen) atoms. The van der Waals surface area contributed by atoms with Crippen LogP contribution in [0.3, 0.4) is 0 Å². The highest BCUT2D eigenvalue weighted by Gasteiger charge is 2.18. The molecule has 0 radical (unpaired) electrons. The highest BCUT2D eigenvalue weighted by atomic mass is 32.1. The van der Waals surface area contributed by atoms with Crippen molar-refractivity contribution in [3.05, 3.63) is 46.8 Å². The number of para-hydroxylation sites is 1. The van der Waals surface area contributed by atoms with Crippen molar-refractivity contribution >= 4 is 33.4 Å². The van der Waals surface area contributed by atoms with Crippen LogP contribution < -0.4 is 19.0 Å². The smallest absolute Gasteiger partial charge is 0.326 e. The van der Waals surface area contributed by atoms with Crippen molar-refractivity contribution in [3.63, 3.8) is 0 Å². The number of hydrogen-bond donors (Lipinski definition) is 0. The summed E-state index contributed by atoms with van der Waals surface area (Å²) in [5.74, 6) is 0.189. The molecular formula is C21H22N2O6S. The lowest BCUT2D eigenvalue weighted by Gasteiger charge is -2.12. The van der Waals surface area contributed by atoms with Crippen LogP contribution in [-0.4, -0.2) is 44.4 Å². The minimum Gasteiger partial charge on any atom is -0.493 e. The Kier molecular flexibility index (Phi) is 6.73. The maximum atomic E-state index is 12.9. The number of hydrogen-bond acceptors (Lipinski definition) is 7. The normalized spacial score (nSPS) is 11.4. The van der Waals surface area contributed by atoms with Crippen LogP contribution in [0.2, 0.25) is 0 Å². The van der Waals surface area contributed by atoms with Gasteiger partial charge < -0.3 is 23.5 Å². The van der Waals surface area contributed by atoms with Gasteiger partial charge in [-0.2, -0.15) is 4.99 Å². The fraction of sp³-hybridized carbons (Fsp3) is 0.286. The van der Waals surface area contributed by atoms with E-state index in [1.54, 1.807) is 11.5 Å². The first-order valence-corrected chi connectivity index (χ1v) is 9.97. The van der Waals surface area contributed by atoms with Gasteiger partial charge >= 0.3 is 5.97 Å². The number of carbonyl (C=O) groups excluding carboxylic acids is 2. The number of nitrogens with zero attached hydrogens (tertiary/aromatic N) is 2. The van der Waals surface area contributed by atoms with Crippen LogP contribution in [0.15, 0.2) is 41.4 Å². The Morgan fingerprint density at radius 3 is 2.30 bits per heavy atom. The molecule has 0 bridgehead atoms. The summed E-state index contributed by atoms with van der Waals surface area (Å²) in [4.78, 5) is 29.7. The maximum Gasteiger partial charge on any atom is 0.326 e. The van der Waals surface area contributed by atoms with Crippen LogP contribution in [-0.2, 0) is 16.1 Å². The Morgan fingerprint density at radius 2 is 1.70 bits per heavy atom. The number of aromatic nitrogens is 1. The van der Waals surface area contributed by atoms with Gasteiger partial charge in [0.15, 0.2) is 16.3 Å². The van der Waals surface area contributed by atoms with E-state index in [-0.39, 0.29) is 18.7 Å². The molecule has 2 aromatic carbocycles. The fourth-order valence-electron chi connectivity index (χ4n) is 2.95. The molecule has 0 aliphatic heterocycles. The highest BCUT2D eigenvalue weighted by Crippen LogP contribution is 2.38. The number of methoxy groups -OCH3 is 3. The lowest BCUT2D eigenvalue weighted by molar-refractivity contribution is -0.143. The van der Waals surface area contributed by atoms with Gasteiger partial charge in [-0.15, -0.1) is 0 Å². The number of thiazole rings is 1.